The number of ketones is 1. The number of aliphatic hydroxyl groups is 2. The molecule has 0 saturated carbocycles. The molecule has 0 saturated heterocycles. The molecule has 5 rings (SSSR count). The van der Waals surface area contributed by atoms with E-state index in [2.05, 4.69) is 71.7 Å². The first-order chi connectivity index (χ1) is 18.1. The first-order valence-corrected chi connectivity index (χ1v) is 13.8. The molecule has 0 bridgehead atoms. The van der Waals surface area contributed by atoms with Crippen molar-refractivity contribution in [3.05, 3.63) is 112 Å². The third-order valence-electron chi connectivity index (χ3n) is 9.47. The molecular weight excluding hydrogens is 480 g/mol. The maximum atomic E-state index is 12.4. The van der Waals surface area contributed by atoms with Gasteiger partial charge in [0.25, 0.3) is 0 Å². The summed E-state index contributed by atoms with van der Waals surface area (Å²) in [6.45, 7) is 25.0. The van der Waals surface area contributed by atoms with Gasteiger partial charge < -0.3 is 10.2 Å². The summed E-state index contributed by atoms with van der Waals surface area (Å²) < 4.78 is 0. The van der Waals surface area contributed by atoms with Crippen molar-refractivity contribution in [2.45, 2.75) is 72.8 Å². The second kappa shape index (κ2) is 8.79. The standard InChI is InChI=1S/C36H40O3/c1-20(2)30-22(4)17-35(9)19-34(8)18-29-28(27-12-10-11-26(16-27)15-23(5)37)14-13-21(3)31(29)24(6)32(34)33(38)36(35,39)25(30)7/h10-14,16,38-39H,1,6-7,15,17-19H2,2-5,8-9H3/t34-,35+,36+/m1/s1. The monoisotopic (exact) mass is 520 g/mol. The average Bonchev–Trinajstić information content (AvgIpc) is 2.80. The second-order valence-electron chi connectivity index (χ2n) is 12.8. The molecule has 39 heavy (non-hydrogen) atoms. The molecule has 0 unspecified atom stereocenters. The third-order valence-corrected chi connectivity index (χ3v) is 9.47. The Morgan fingerprint density at radius 3 is 2.38 bits per heavy atom. The Balaban J connectivity index is 1.73. The van der Waals surface area contributed by atoms with Crippen LogP contribution in [-0.2, 0) is 17.6 Å². The number of carbonyl (C=O) groups is 1. The number of Topliss-reactive ketones (excluding diaryl/α,β-unsaturated/α-hetero) is 1. The van der Waals surface area contributed by atoms with Gasteiger partial charge in [0, 0.05) is 22.8 Å². The Bertz CT molecular complexity index is 1560. The van der Waals surface area contributed by atoms with E-state index in [1.807, 2.05) is 19.1 Å². The van der Waals surface area contributed by atoms with E-state index >= 15 is 0 Å². The van der Waals surface area contributed by atoms with Crippen molar-refractivity contribution in [1.29, 1.82) is 0 Å². The lowest BCUT2D eigenvalue weighted by molar-refractivity contribution is -0.116. The Hall–Kier alpha value is -3.43. The highest BCUT2D eigenvalue weighted by Gasteiger charge is 2.63. The van der Waals surface area contributed by atoms with Gasteiger partial charge in [-0.05, 0) is 97.1 Å². The fourth-order valence-electron chi connectivity index (χ4n) is 8.21. The van der Waals surface area contributed by atoms with Crippen molar-refractivity contribution in [1.82, 2.24) is 0 Å². The van der Waals surface area contributed by atoms with Gasteiger partial charge in [-0.15, -0.1) is 0 Å². The molecule has 2 aromatic carbocycles. The highest BCUT2D eigenvalue weighted by molar-refractivity contribution is 5.90. The lowest BCUT2D eigenvalue weighted by atomic mass is 9.47. The first-order valence-electron chi connectivity index (χ1n) is 13.8. The molecular formula is C36H40O3. The zero-order valence-corrected chi connectivity index (χ0v) is 24.2. The van der Waals surface area contributed by atoms with Crippen LogP contribution in [0.1, 0.15) is 69.7 Å². The van der Waals surface area contributed by atoms with Crippen LogP contribution in [-0.4, -0.2) is 21.6 Å². The summed E-state index contributed by atoms with van der Waals surface area (Å²) in [6, 6.07) is 12.5. The van der Waals surface area contributed by atoms with E-state index in [1.165, 1.54) is 5.56 Å². The lowest BCUT2D eigenvalue weighted by Gasteiger charge is -2.59. The minimum absolute atomic E-state index is 0.0149. The summed E-state index contributed by atoms with van der Waals surface area (Å²) in [5.41, 5.74) is 8.75. The topological polar surface area (TPSA) is 57.5 Å². The zero-order chi connectivity index (χ0) is 28.7. The minimum Gasteiger partial charge on any atom is -0.509 e. The number of aryl methyl sites for hydroxylation is 1. The molecule has 0 spiro atoms. The number of rotatable bonds is 4. The SMILES string of the molecule is C=C(C)C1=C(C)C[C@@]2(C)C[C@@]3(C)Cc4c(-c5cccc(CC(C)=O)c5)ccc(C)c4C(=C)C3=C(O)[C@@]2(O)C1=C. The maximum absolute atomic E-state index is 12.4. The maximum Gasteiger partial charge on any atom is 0.152 e. The van der Waals surface area contributed by atoms with Crippen molar-refractivity contribution in [3.8, 4) is 11.1 Å². The Morgan fingerprint density at radius 1 is 1.05 bits per heavy atom. The lowest BCUT2D eigenvalue weighted by Crippen LogP contribution is -2.59. The van der Waals surface area contributed by atoms with Crippen molar-refractivity contribution in [2.24, 2.45) is 10.8 Å². The van der Waals surface area contributed by atoms with Gasteiger partial charge in [-0.1, -0.05) is 81.1 Å². The number of aliphatic hydroxyl groups excluding tert-OH is 1. The van der Waals surface area contributed by atoms with Crippen LogP contribution in [0.25, 0.3) is 16.7 Å². The van der Waals surface area contributed by atoms with Crippen molar-refractivity contribution in [2.75, 3.05) is 0 Å². The van der Waals surface area contributed by atoms with Crippen LogP contribution in [0.5, 0.6) is 0 Å². The fourth-order valence-corrected chi connectivity index (χ4v) is 8.21. The summed E-state index contributed by atoms with van der Waals surface area (Å²) in [4.78, 5) is 11.8. The summed E-state index contributed by atoms with van der Waals surface area (Å²) in [6.07, 6.45) is 2.44. The molecule has 3 nitrogen and oxygen atoms in total. The van der Waals surface area contributed by atoms with E-state index in [0.717, 1.165) is 55.7 Å². The van der Waals surface area contributed by atoms with Crippen LogP contribution in [0.2, 0.25) is 0 Å². The van der Waals surface area contributed by atoms with Crippen molar-refractivity contribution >= 4 is 11.4 Å². The minimum atomic E-state index is -1.59. The Morgan fingerprint density at radius 2 is 1.74 bits per heavy atom. The fraction of sp³-hybridized carbons (Fsp3) is 0.361. The Labute approximate surface area is 233 Å². The van der Waals surface area contributed by atoms with E-state index in [0.29, 0.717) is 31.3 Å². The van der Waals surface area contributed by atoms with Gasteiger partial charge >= 0.3 is 0 Å². The van der Waals surface area contributed by atoms with Gasteiger partial charge in [0.15, 0.2) is 5.60 Å². The smallest absolute Gasteiger partial charge is 0.152 e. The molecule has 0 radical (unpaired) electrons. The van der Waals surface area contributed by atoms with Gasteiger partial charge in [0.05, 0.1) is 0 Å². The van der Waals surface area contributed by atoms with Crippen LogP contribution in [0, 0.1) is 17.8 Å². The van der Waals surface area contributed by atoms with Crippen LogP contribution < -0.4 is 0 Å². The predicted octanol–water partition coefficient (Wildman–Crippen LogP) is 8.17. The number of carbonyl (C=O) groups excluding carboxylic acids is 1. The van der Waals surface area contributed by atoms with Crippen LogP contribution in [0.3, 0.4) is 0 Å². The van der Waals surface area contributed by atoms with E-state index in [4.69, 9.17) is 0 Å². The first kappa shape index (κ1) is 27.1. The number of benzene rings is 2. The number of hydrogen-bond acceptors (Lipinski definition) is 3. The van der Waals surface area contributed by atoms with E-state index < -0.39 is 16.4 Å². The van der Waals surface area contributed by atoms with Gasteiger partial charge in [0.2, 0.25) is 0 Å². The molecule has 0 heterocycles. The van der Waals surface area contributed by atoms with Crippen molar-refractivity contribution < 1.29 is 15.0 Å². The van der Waals surface area contributed by atoms with Gasteiger partial charge in [0.1, 0.15) is 11.5 Å². The predicted molar refractivity (Wildman–Crippen MR) is 160 cm³/mol. The van der Waals surface area contributed by atoms with Gasteiger partial charge in [-0.3, -0.25) is 4.79 Å². The molecule has 2 aromatic rings. The quantitative estimate of drug-likeness (QED) is 0.427. The van der Waals surface area contributed by atoms with E-state index in [9.17, 15) is 15.0 Å². The van der Waals surface area contributed by atoms with E-state index in [-0.39, 0.29) is 11.5 Å². The average molecular weight is 521 g/mol. The molecule has 0 fully saturated rings. The van der Waals surface area contributed by atoms with Crippen LogP contribution in [0.4, 0.5) is 0 Å². The highest BCUT2D eigenvalue weighted by Crippen LogP contribution is 2.66. The molecule has 0 amide bonds. The molecule has 3 aliphatic carbocycles. The van der Waals surface area contributed by atoms with E-state index in [1.54, 1.807) is 6.92 Å². The van der Waals surface area contributed by atoms with Gasteiger partial charge in [-0.25, -0.2) is 0 Å². The number of allylic oxidation sites excluding steroid dienone is 4. The molecule has 202 valence electrons. The molecule has 2 N–H and O–H groups in total. The summed E-state index contributed by atoms with van der Waals surface area (Å²) in [5, 5.41) is 24.5. The zero-order valence-electron chi connectivity index (χ0n) is 24.2. The number of hydrogen-bond donors (Lipinski definition) is 2. The molecule has 3 atom stereocenters. The second-order valence-corrected chi connectivity index (χ2v) is 12.8. The number of fused-ring (bicyclic) bond motifs is 3. The molecule has 0 aromatic heterocycles. The molecule has 3 aliphatic rings. The Kier molecular flexibility index (Phi) is 6.12. The van der Waals surface area contributed by atoms with Gasteiger partial charge in [-0.2, -0.15) is 0 Å². The molecule has 0 aliphatic heterocycles. The molecule has 3 heteroatoms. The largest absolute Gasteiger partial charge is 0.509 e. The van der Waals surface area contributed by atoms with Crippen LogP contribution in [0.15, 0.2) is 89.8 Å². The normalized spacial score (nSPS) is 28.2. The van der Waals surface area contributed by atoms with Crippen molar-refractivity contribution in [3.63, 3.8) is 0 Å². The highest BCUT2D eigenvalue weighted by atomic mass is 16.3. The summed E-state index contributed by atoms with van der Waals surface area (Å²) in [7, 11) is 0. The summed E-state index contributed by atoms with van der Waals surface area (Å²) in [5.74, 6) is 0.124. The summed E-state index contributed by atoms with van der Waals surface area (Å²) >= 11 is 0. The third kappa shape index (κ3) is 3.77. The van der Waals surface area contributed by atoms with Crippen LogP contribution >= 0.6 is 0 Å².